The van der Waals surface area contributed by atoms with Gasteiger partial charge in [0.15, 0.2) is 5.82 Å². The summed E-state index contributed by atoms with van der Waals surface area (Å²) in [6.45, 7) is 4.52. The van der Waals surface area contributed by atoms with E-state index in [-0.39, 0.29) is 0 Å². The topological polar surface area (TPSA) is 54.6 Å². The SMILES string of the molecule is COCCc1noc(CN2c3ccccc3N(C)CCC2C)n1. The van der Waals surface area contributed by atoms with E-state index in [2.05, 4.69) is 58.2 Å². The van der Waals surface area contributed by atoms with Crippen LogP contribution < -0.4 is 9.80 Å². The van der Waals surface area contributed by atoms with Gasteiger partial charge < -0.3 is 19.1 Å². The van der Waals surface area contributed by atoms with Crippen LogP contribution in [0.2, 0.25) is 0 Å². The lowest BCUT2D eigenvalue weighted by molar-refractivity contribution is 0.199. The molecular formula is C17H24N4O2. The van der Waals surface area contributed by atoms with Gasteiger partial charge >= 0.3 is 0 Å². The molecule has 1 atom stereocenters. The molecule has 6 heteroatoms. The molecule has 0 saturated heterocycles. The number of rotatable bonds is 5. The first-order valence-electron chi connectivity index (χ1n) is 8.06. The van der Waals surface area contributed by atoms with Crippen LogP contribution in [0, 0.1) is 0 Å². The highest BCUT2D eigenvalue weighted by Gasteiger charge is 2.25. The zero-order valence-corrected chi connectivity index (χ0v) is 14.0. The average molecular weight is 316 g/mol. The van der Waals surface area contributed by atoms with Gasteiger partial charge in [-0.25, -0.2) is 0 Å². The number of para-hydroxylation sites is 2. The van der Waals surface area contributed by atoms with Gasteiger partial charge in [-0.3, -0.25) is 0 Å². The number of hydrogen-bond acceptors (Lipinski definition) is 6. The highest BCUT2D eigenvalue weighted by Crippen LogP contribution is 2.34. The molecule has 0 bridgehead atoms. The van der Waals surface area contributed by atoms with Crippen LogP contribution in [-0.4, -0.2) is 43.5 Å². The molecule has 124 valence electrons. The van der Waals surface area contributed by atoms with Gasteiger partial charge in [0.1, 0.15) is 0 Å². The molecule has 1 unspecified atom stereocenters. The largest absolute Gasteiger partial charge is 0.384 e. The van der Waals surface area contributed by atoms with Crippen LogP contribution in [0.4, 0.5) is 11.4 Å². The van der Waals surface area contributed by atoms with Crippen LogP contribution >= 0.6 is 0 Å². The minimum absolute atomic E-state index is 0.412. The maximum Gasteiger partial charge on any atom is 0.246 e. The number of ether oxygens (including phenoxy) is 1. The molecular weight excluding hydrogens is 292 g/mol. The molecule has 23 heavy (non-hydrogen) atoms. The highest BCUT2D eigenvalue weighted by molar-refractivity contribution is 5.72. The molecule has 2 heterocycles. The summed E-state index contributed by atoms with van der Waals surface area (Å²) in [5, 5.41) is 4.04. The van der Waals surface area contributed by atoms with Crippen molar-refractivity contribution >= 4 is 11.4 Å². The quantitative estimate of drug-likeness (QED) is 0.845. The molecule has 2 aromatic rings. The predicted molar refractivity (Wildman–Crippen MR) is 89.9 cm³/mol. The van der Waals surface area contributed by atoms with E-state index < -0.39 is 0 Å². The first-order valence-corrected chi connectivity index (χ1v) is 8.06. The van der Waals surface area contributed by atoms with E-state index in [1.807, 2.05) is 0 Å². The second-order valence-electron chi connectivity index (χ2n) is 6.02. The van der Waals surface area contributed by atoms with Crippen LogP contribution in [0.1, 0.15) is 25.1 Å². The molecule has 1 aliphatic heterocycles. The Morgan fingerprint density at radius 1 is 1.30 bits per heavy atom. The van der Waals surface area contributed by atoms with Crippen molar-refractivity contribution in [2.45, 2.75) is 32.4 Å². The zero-order valence-electron chi connectivity index (χ0n) is 14.0. The smallest absolute Gasteiger partial charge is 0.246 e. The summed E-state index contributed by atoms with van der Waals surface area (Å²) in [6, 6.07) is 8.90. The van der Waals surface area contributed by atoms with Gasteiger partial charge in [0, 0.05) is 33.2 Å². The maximum absolute atomic E-state index is 5.42. The summed E-state index contributed by atoms with van der Waals surface area (Å²) in [5.74, 6) is 1.36. The average Bonchev–Trinajstić information content (AvgIpc) is 2.98. The molecule has 0 spiro atoms. The third kappa shape index (κ3) is 3.47. The number of anilines is 2. The molecule has 1 aliphatic rings. The third-order valence-electron chi connectivity index (χ3n) is 4.36. The molecule has 0 saturated carbocycles. The second kappa shape index (κ2) is 7.00. The summed E-state index contributed by atoms with van der Waals surface area (Å²) in [7, 11) is 3.82. The Kier molecular flexibility index (Phi) is 4.81. The molecule has 0 amide bonds. The molecule has 0 N–H and O–H groups in total. The van der Waals surface area contributed by atoms with Crippen molar-refractivity contribution in [2.75, 3.05) is 37.1 Å². The van der Waals surface area contributed by atoms with Crippen LogP contribution in [0.25, 0.3) is 0 Å². The van der Waals surface area contributed by atoms with Gasteiger partial charge in [-0.1, -0.05) is 17.3 Å². The molecule has 3 rings (SSSR count). The lowest BCUT2D eigenvalue weighted by Crippen LogP contribution is -2.32. The zero-order chi connectivity index (χ0) is 16.2. The Morgan fingerprint density at radius 3 is 2.87 bits per heavy atom. The Balaban J connectivity index is 1.82. The first kappa shape index (κ1) is 15.8. The summed E-state index contributed by atoms with van der Waals surface area (Å²) >= 11 is 0. The first-order chi connectivity index (χ1) is 11.2. The van der Waals surface area contributed by atoms with Crippen LogP contribution in [0.3, 0.4) is 0 Å². The van der Waals surface area contributed by atoms with Crippen molar-refractivity contribution in [3.8, 4) is 0 Å². The van der Waals surface area contributed by atoms with E-state index in [9.17, 15) is 0 Å². The maximum atomic E-state index is 5.42. The Hall–Kier alpha value is -2.08. The molecule has 0 fully saturated rings. The Bertz CT molecular complexity index is 643. The predicted octanol–water partition coefficient (Wildman–Crippen LogP) is 2.49. The van der Waals surface area contributed by atoms with Crippen molar-refractivity contribution in [1.82, 2.24) is 10.1 Å². The fourth-order valence-corrected chi connectivity index (χ4v) is 2.96. The molecule has 1 aromatic heterocycles. The number of hydrogen-bond donors (Lipinski definition) is 0. The lowest BCUT2D eigenvalue weighted by atomic mass is 10.2. The number of benzene rings is 1. The van der Waals surface area contributed by atoms with E-state index in [4.69, 9.17) is 9.26 Å². The standard InChI is InChI=1S/C17H24N4O2/c1-13-8-10-20(2)14-6-4-5-7-15(14)21(13)12-17-18-16(19-23-17)9-11-22-3/h4-7,13H,8-12H2,1-3H3. The van der Waals surface area contributed by atoms with Crippen LogP contribution in [-0.2, 0) is 17.7 Å². The minimum atomic E-state index is 0.412. The third-order valence-corrected chi connectivity index (χ3v) is 4.36. The fourth-order valence-electron chi connectivity index (χ4n) is 2.96. The second-order valence-corrected chi connectivity index (χ2v) is 6.02. The normalized spacial score (nSPS) is 18.0. The lowest BCUT2D eigenvalue weighted by Gasteiger charge is -2.29. The van der Waals surface area contributed by atoms with E-state index in [0.717, 1.165) is 13.0 Å². The molecule has 0 aliphatic carbocycles. The molecule has 1 aromatic carbocycles. The summed E-state index contributed by atoms with van der Waals surface area (Å²) in [5.41, 5.74) is 2.47. The highest BCUT2D eigenvalue weighted by atomic mass is 16.5. The van der Waals surface area contributed by atoms with Crippen molar-refractivity contribution < 1.29 is 9.26 Å². The summed E-state index contributed by atoms with van der Waals surface area (Å²) in [6.07, 6.45) is 1.77. The number of nitrogens with zero attached hydrogens (tertiary/aromatic N) is 4. The fraction of sp³-hybridized carbons (Fsp3) is 0.529. The van der Waals surface area contributed by atoms with Crippen molar-refractivity contribution in [3.05, 3.63) is 36.0 Å². The van der Waals surface area contributed by atoms with Crippen molar-refractivity contribution in [2.24, 2.45) is 0 Å². The number of methoxy groups -OCH3 is 1. The molecule has 0 radical (unpaired) electrons. The Morgan fingerprint density at radius 2 is 2.09 bits per heavy atom. The van der Waals surface area contributed by atoms with E-state index in [1.165, 1.54) is 11.4 Å². The summed E-state index contributed by atoms with van der Waals surface area (Å²) in [4.78, 5) is 9.15. The van der Waals surface area contributed by atoms with E-state index in [0.29, 0.717) is 37.3 Å². The Labute approximate surface area is 137 Å². The monoisotopic (exact) mass is 316 g/mol. The van der Waals surface area contributed by atoms with Gasteiger partial charge in [0.05, 0.1) is 24.5 Å². The minimum Gasteiger partial charge on any atom is -0.384 e. The number of fused-ring (bicyclic) bond motifs is 1. The van der Waals surface area contributed by atoms with E-state index >= 15 is 0 Å². The van der Waals surface area contributed by atoms with Gasteiger partial charge in [-0.15, -0.1) is 0 Å². The van der Waals surface area contributed by atoms with Crippen LogP contribution in [0.5, 0.6) is 0 Å². The van der Waals surface area contributed by atoms with Gasteiger partial charge in [-0.05, 0) is 25.5 Å². The van der Waals surface area contributed by atoms with Gasteiger partial charge in [-0.2, -0.15) is 4.98 Å². The van der Waals surface area contributed by atoms with Crippen molar-refractivity contribution in [1.29, 1.82) is 0 Å². The van der Waals surface area contributed by atoms with Gasteiger partial charge in [0.25, 0.3) is 0 Å². The molecule has 6 nitrogen and oxygen atoms in total. The van der Waals surface area contributed by atoms with Gasteiger partial charge in [0.2, 0.25) is 5.89 Å². The number of aromatic nitrogens is 2. The summed E-state index contributed by atoms with van der Waals surface area (Å²) < 4.78 is 10.5. The van der Waals surface area contributed by atoms with E-state index in [1.54, 1.807) is 7.11 Å². The van der Waals surface area contributed by atoms with Crippen molar-refractivity contribution in [3.63, 3.8) is 0 Å². The van der Waals surface area contributed by atoms with Crippen LogP contribution in [0.15, 0.2) is 28.8 Å².